The van der Waals surface area contributed by atoms with Gasteiger partial charge < -0.3 is 16.2 Å². The average Bonchev–Trinajstić information content (AvgIpc) is 2.25. The zero-order valence-corrected chi connectivity index (χ0v) is 11.4. The summed E-state index contributed by atoms with van der Waals surface area (Å²) in [5, 5.41) is 11.8. The molecule has 0 aliphatic carbocycles. The molecule has 0 saturated carbocycles. The van der Waals surface area contributed by atoms with E-state index < -0.39 is 17.4 Å². The van der Waals surface area contributed by atoms with Crippen molar-refractivity contribution < 1.29 is 14.7 Å². The number of nitrogens with zero attached hydrogens (tertiary/aromatic N) is 1. The standard InChI is InChI=1S/C13H19N3O3/c1-8-6-9(12(14)19)7-10(15-8)16-13(2,3)5-4-11(17)18/h6-7H,4-5H2,1-3H3,(H2,14,19)(H,15,16)(H,17,18). The maximum atomic E-state index is 11.2. The SMILES string of the molecule is Cc1cc(C(N)=O)cc(NC(C)(C)CCC(=O)O)n1. The summed E-state index contributed by atoms with van der Waals surface area (Å²) in [7, 11) is 0. The molecule has 0 atom stereocenters. The van der Waals surface area contributed by atoms with Gasteiger partial charge in [0.25, 0.3) is 0 Å². The summed E-state index contributed by atoms with van der Waals surface area (Å²) in [6.07, 6.45) is 0.512. The maximum absolute atomic E-state index is 11.2. The summed E-state index contributed by atoms with van der Waals surface area (Å²) in [4.78, 5) is 26.0. The molecule has 6 heteroatoms. The monoisotopic (exact) mass is 265 g/mol. The van der Waals surface area contributed by atoms with Gasteiger partial charge in [-0.2, -0.15) is 0 Å². The Hall–Kier alpha value is -2.11. The highest BCUT2D eigenvalue weighted by Gasteiger charge is 2.20. The summed E-state index contributed by atoms with van der Waals surface area (Å²) in [6, 6.07) is 3.18. The van der Waals surface area contributed by atoms with Crippen LogP contribution in [0.1, 0.15) is 42.7 Å². The van der Waals surface area contributed by atoms with E-state index in [0.717, 1.165) is 0 Å². The summed E-state index contributed by atoms with van der Waals surface area (Å²) < 4.78 is 0. The summed E-state index contributed by atoms with van der Waals surface area (Å²) in [6.45, 7) is 5.52. The fourth-order valence-corrected chi connectivity index (χ4v) is 1.70. The number of carbonyl (C=O) groups excluding carboxylic acids is 1. The first kappa shape index (κ1) is 14.9. The van der Waals surface area contributed by atoms with Gasteiger partial charge in [-0.15, -0.1) is 0 Å². The molecular formula is C13H19N3O3. The van der Waals surface area contributed by atoms with E-state index in [4.69, 9.17) is 10.8 Å². The number of nitrogens with two attached hydrogens (primary N) is 1. The van der Waals surface area contributed by atoms with Crippen molar-refractivity contribution >= 4 is 17.7 Å². The number of pyridine rings is 1. The van der Waals surface area contributed by atoms with E-state index in [2.05, 4.69) is 10.3 Å². The molecule has 0 aromatic carbocycles. The third kappa shape index (κ3) is 4.95. The average molecular weight is 265 g/mol. The second-order valence-corrected chi connectivity index (χ2v) is 5.15. The molecule has 0 saturated heterocycles. The van der Waals surface area contributed by atoms with Gasteiger partial charge in [-0.1, -0.05) is 0 Å². The molecule has 0 spiro atoms. The Bertz CT molecular complexity index is 498. The Labute approximate surface area is 112 Å². The maximum Gasteiger partial charge on any atom is 0.303 e. The topological polar surface area (TPSA) is 105 Å². The van der Waals surface area contributed by atoms with E-state index in [1.54, 1.807) is 19.1 Å². The number of anilines is 1. The highest BCUT2D eigenvalue weighted by atomic mass is 16.4. The Morgan fingerprint density at radius 2 is 2.05 bits per heavy atom. The molecule has 1 aromatic rings. The molecule has 0 bridgehead atoms. The molecule has 0 unspecified atom stereocenters. The normalized spacial score (nSPS) is 11.1. The number of primary amides is 1. The fourth-order valence-electron chi connectivity index (χ4n) is 1.70. The molecule has 1 heterocycles. The first-order valence-electron chi connectivity index (χ1n) is 5.98. The lowest BCUT2D eigenvalue weighted by atomic mass is 9.98. The molecule has 1 amide bonds. The van der Waals surface area contributed by atoms with Crippen LogP contribution < -0.4 is 11.1 Å². The Morgan fingerprint density at radius 1 is 1.42 bits per heavy atom. The predicted octanol–water partition coefficient (Wildman–Crippen LogP) is 1.54. The molecule has 1 aromatic heterocycles. The minimum absolute atomic E-state index is 0.0640. The van der Waals surface area contributed by atoms with Crippen molar-refractivity contribution in [1.82, 2.24) is 4.98 Å². The van der Waals surface area contributed by atoms with Crippen molar-refractivity contribution in [3.8, 4) is 0 Å². The second kappa shape index (κ2) is 5.69. The molecule has 19 heavy (non-hydrogen) atoms. The molecule has 4 N–H and O–H groups in total. The van der Waals surface area contributed by atoms with Gasteiger partial charge in [-0.3, -0.25) is 9.59 Å². The molecule has 1 rings (SSSR count). The lowest BCUT2D eigenvalue weighted by Gasteiger charge is -2.26. The smallest absolute Gasteiger partial charge is 0.303 e. The number of carboxylic acid groups (broad SMARTS) is 1. The molecular weight excluding hydrogens is 246 g/mol. The second-order valence-electron chi connectivity index (χ2n) is 5.15. The van der Waals surface area contributed by atoms with E-state index in [1.165, 1.54) is 0 Å². The van der Waals surface area contributed by atoms with Gasteiger partial charge >= 0.3 is 5.97 Å². The first-order chi connectivity index (χ1) is 8.69. The summed E-state index contributed by atoms with van der Waals surface area (Å²) >= 11 is 0. The van der Waals surface area contributed by atoms with Gasteiger partial charge in [0, 0.05) is 23.2 Å². The van der Waals surface area contributed by atoms with Crippen LogP contribution in [0, 0.1) is 6.92 Å². The van der Waals surface area contributed by atoms with E-state index in [9.17, 15) is 9.59 Å². The number of nitrogens with one attached hydrogen (secondary N) is 1. The number of aryl methyl sites for hydroxylation is 1. The Balaban J connectivity index is 2.86. The Morgan fingerprint density at radius 3 is 2.58 bits per heavy atom. The van der Waals surface area contributed by atoms with Crippen LogP contribution in [0.3, 0.4) is 0 Å². The molecule has 0 aliphatic heterocycles. The lowest BCUT2D eigenvalue weighted by molar-refractivity contribution is -0.137. The summed E-state index contributed by atoms with van der Waals surface area (Å²) in [5.41, 5.74) is 5.86. The van der Waals surface area contributed by atoms with Gasteiger partial charge in [0.05, 0.1) is 0 Å². The van der Waals surface area contributed by atoms with Crippen molar-refractivity contribution in [3.05, 3.63) is 23.4 Å². The quantitative estimate of drug-likeness (QED) is 0.723. The van der Waals surface area contributed by atoms with Crippen molar-refractivity contribution in [1.29, 1.82) is 0 Å². The number of hydrogen-bond acceptors (Lipinski definition) is 4. The van der Waals surface area contributed by atoms with Gasteiger partial charge in [0.1, 0.15) is 5.82 Å². The highest BCUT2D eigenvalue weighted by molar-refractivity contribution is 5.93. The van der Waals surface area contributed by atoms with Gasteiger partial charge in [0.15, 0.2) is 0 Å². The number of aromatic nitrogens is 1. The van der Waals surface area contributed by atoms with Crippen molar-refractivity contribution in [2.45, 2.75) is 39.2 Å². The first-order valence-corrected chi connectivity index (χ1v) is 5.98. The van der Waals surface area contributed by atoms with E-state index in [0.29, 0.717) is 23.5 Å². The van der Waals surface area contributed by atoms with Crippen LogP contribution in [0.15, 0.2) is 12.1 Å². The van der Waals surface area contributed by atoms with Crippen LogP contribution in [0.5, 0.6) is 0 Å². The zero-order chi connectivity index (χ0) is 14.6. The zero-order valence-electron chi connectivity index (χ0n) is 11.4. The van der Waals surface area contributed by atoms with E-state index in [-0.39, 0.29) is 6.42 Å². The molecule has 6 nitrogen and oxygen atoms in total. The fraction of sp³-hybridized carbons (Fsp3) is 0.462. The van der Waals surface area contributed by atoms with Crippen LogP contribution in [-0.2, 0) is 4.79 Å². The number of amides is 1. The highest BCUT2D eigenvalue weighted by Crippen LogP contribution is 2.19. The van der Waals surface area contributed by atoms with Crippen molar-refractivity contribution in [2.24, 2.45) is 5.73 Å². The molecule has 0 aliphatic rings. The van der Waals surface area contributed by atoms with Gasteiger partial charge in [0.2, 0.25) is 5.91 Å². The largest absolute Gasteiger partial charge is 0.481 e. The number of carboxylic acids is 1. The third-order valence-electron chi connectivity index (χ3n) is 2.67. The molecule has 0 fully saturated rings. The van der Waals surface area contributed by atoms with Crippen LogP contribution in [0.4, 0.5) is 5.82 Å². The summed E-state index contributed by atoms with van der Waals surface area (Å²) in [5.74, 6) is -0.842. The van der Waals surface area contributed by atoms with E-state index >= 15 is 0 Å². The number of rotatable bonds is 6. The van der Waals surface area contributed by atoms with Crippen LogP contribution in [0.25, 0.3) is 0 Å². The van der Waals surface area contributed by atoms with Crippen LogP contribution >= 0.6 is 0 Å². The predicted molar refractivity (Wildman–Crippen MR) is 72.1 cm³/mol. The van der Waals surface area contributed by atoms with Gasteiger partial charge in [-0.25, -0.2) is 4.98 Å². The Kier molecular flexibility index (Phi) is 4.47. The minimum atomic E-state index is -0.843. The van der Waals surface area contributed by atoms with Gasteiger partial charge in [-0.05, 0) is 39.3 Å². The number of hydrogen-bond donors (Lipinski definition) is 3. The minimum Gasteiger partial charge on any atom is -0.481 e. The number of aliphatic carboxylic acids is 1. The van der Waals surface area contributed by atoms with Crippen LogP contribution in [0.2, 0.25) is 0 Å². The van der Waals surface area contributed by atoms with Crippen molar-refractivity contribution in [2.75, 3.05) is 5.32 Å². The van der Waals surface area contributed by atoms with Crippen LogP contribution in [-0.4, -0.2) is 27.5 Å². The van der Waals surface area contributed by atoms with Crippen molar-refractivity contribution in [3.63, 3.8) is 0 Å². The van der Waals surface area contributed by atoms with E-state index in [1.807, 2.05) is 13.8 Å². The molecule has 104 valence electrons. The molecule has 0 radical (unpaired) electrons. The number of carbonyl (C=O) groups is 2. The lowest BCUT2D eigenvalue weighted by Crippen LogP contribution is -2.32. The third-order valence-corrected chi connectivity index (χ3v) is 2.67.